The number of nitrogens with zero attached hydrogens (tertiary/aromatic N) is 1. The van der Waals surface area contributed by atoms with Crippen LogP contribution in [0.5, 0.6) is 5.75 Å². The summed E-state index contributed by atoms with van der Waals surface area (Å²) in [7, 11) is -3.53. The van der Waals surface area contributed by atoms with Crippen molar-refractivity contribution in [2.75, 3.05) is 25.4 Å². The lowest BCUT2D eigenvalue weighted by molar-refractivity contribution is 0.329. The summed E-state index contributed by atoms with van der Waals surface area (Å²) < 4.78 is 33.3. The van der Waals surface area contributed by atoms with E-state index in [0.29, 0.717) is 30.7 Å². The number of thioether (sulfide) groups is 1. The maximum absolute atomic E-state index is 13.1. The number of benzene rings is 1. The zero-order chi connectivity index (χ0) is 17.0. The largest absolute Gasteiger partial charge is 0.492 e. The minimum absolute atomic E-state index is 0.270. The summed E-state index contributed by atoms with van der Waals surface area (Å²) in [4.78, 5) is 1.60. The van der Waals surface area contributed by atoms with Crippen LogP contribution in [0, 0.1) is 0 Å². The number of hydrogen-bond donors (Lipinski definition) is 0. The smallest absolute Gasteiger partial charge is 0.246 e. The monoisotopic (exact) mass is 383 g/mol. The van der Waals surface area contributed by atoms with Crippen LogP contribution in [0.1, 0.15) is 23.5 Å². The van der Waals surface area contributed by atoms with E-state index in [1.54, 1.807) is 39.9 Å². The first kappa shape index (κ1) is 17.8. The minimum Gasteiger partial charge on any atom is -0.492 e. The van der Waals surface area contributed by atoms with Gasteiger partial charge in [-0.25, -0.2) is 8.42 Å². The molecule has 4 nitrogen and oxygen atoms in total. The average molecular weight is 384 g/mol. The number of rotatable bonds is 5. The molecular weight excluding hydrogens is 362 g/mol. The summed E-state index contributed by atoms with van der Waals surface area (Å²) in [6, 6.07) is 11.1. The van der Waals surface area contributed by atoms with E-state index < -0.39 is 10.0 Å². The fourth-order valence-corrected chi connectivity index (χ4v) is 6.71. The Morgan fingerprint density at radius 3 is 2.79 bits per heavy atom. The maximum atomic E-state index is 13.1. The molecule has 0 spiro atoms. The maximum Gasteiger partial charge on any atom is 0.246 e. The fraction of sp³-hybridized carbons (Fsp3) is 0.412. The third-order valence-corrected chi connectivity index (χ3v) is 8.31. The first-order valence-corrected chi connectivity index (χ1v) is 11.4. The highest BCUT2D eigenvalue weighted by molar-refractivity contribution is 7.99. The Morgan fingerprint density at radius 2 is 2.04 bits per heavy atom. The molecule has 1 unspecified atom stereocenters. The Bertz CT molecular complexity index is 759. The van der Waals surface area contributed by atoms with E-state index in [1.165, 1.54) is 4.88 Å². The zero-order valence-corrected chi connectivity index (χ0v) is 16.0. The SMILES string of the molecule is CCOc1ccccc1S(=O)(=O)N1CCSC(c2cccs2)CC1. The molecule has 1 atom stereocenters. The third-order valence-electron chi connectivity index (χ3n) is 3.93. The lowest BCUT2D eigenvalue weighted by atomic mass is 10.2. The highest BCUT2D eigenvalue weighted by Gasteiger charge is 2.30. The molecule has 1 aliphatic rings. The number of ether oxygens (including phenoxy) is 1. The third kappa shape index (κ3) is 3.79. The molecular formula is C17H21NO3S3. The molecule has 0 amide bonds. The molecule has 1 saturated heterocycles. The van der Waals surface area contributed by atoms with Crippen LogP contribution in [-0.2, 0) is 10.0 Å². The Kier molecular flexibility index (Phi) is 5.86. The van der Waals surface area contributed by atoms with Crippen molar-refractivity contribution >= 4 is 33.1 Å². The normalized spacial score (nSPS) is 19.8. The molecule has 0 aliphatic carbocycles. The molecule has 2 heterocycles. The van der Waals surface area contributed by atoms with Gasteiger partial charge in [0.2, 0.25) is 10.0 Å². The van der Waals surface area contributed by atoms with Gasteiger partial charge in [-0.1, -0.05) is 18.2 Å². The zero-order valence-electron chi connectivity index (χ0n) is 13.6. The Balaban J connectivity index is 1.80. The Hall–Kier alpha value is -1.02. The predicted molar refractivity (Wildman–Crippen MR) is 101 cm³/mol. The average Bonchev–Trinajstić information content (AvgIpc) is 2.99. The molecule has 1 fully saturated rings. The Morgan fingerprint density at radius 1 is 1.21 bits per heavy atom. The van der Waals surface area contributed by atoms with E-state index in [-0.39, 0.29) is 4.90 Å². The Labute approximate surface area is 151 Å². The first-order chi connectivity index (χ1) is 11.6. The van der Waals surface area contributed by atoms with E-state index in [9.17, 15) is 8.42 Å². The highest BCUT2D eigenvalue weighted by Crippen LogP contribution is 2.38. The molecule has 24 heavy (non-hydrogen) atoms. The summed E-state index contributed by atoms with van der Waals surface area (Å²) in [5.41, 5.74) is 0. The van der Waals surface area contributed by atoms with Crippen molar-refractivity contribution < 1.29 is 13.2 Å². The van der Waals surface area contributed by atoms with Crippen molar-refractivity contribution in [3.63, 3.8) is 0 Å². The lowest BCUT2D eigenvalue weighted by Crippen LogP contribution is -2.33. The van der Waals surface area contributed by atoms with E-state index in [2.05, 4.69) is 17.5 Å². The molecule has 1 aromatic heterocycles. The second-order valence-corrected chi connectivity index (χ2v) is 9.64. The van der Waals surface area contributed by atoms with Gasteiger partial charge in [-0.15, -0.1) is 11.3 Å². The molecule has 3 rings (SSSR count). The van der Waals surface area contributed by atoms with Gasteiger partial charge in [0.05, 0.1) is 6.61 Å². The van der Waals surface area contributed by atoms with Crippen molar-refractivity contribution in [3.05, 3.63) is 46.7 Å². The molecule has 0 saturated carbocycles. The van der Waals surface area contributed by atoms with Gasteiger partial charge < -0.3 is 4.74 Å². The van der Waals surface area contributed by atoms with Crippen LogP contribution in [0.4, 0.5) is 0 Å². The van der Waals surface area contributed by atoms with E-state index >= 15 is 0 Å². The van der Waals surface area contributed by atoms with Gasteiger partial charge in [-0.2, -0.15) is 16.1 Å². The van der Waals surface area contributed by atoms with E-state index in [0.717, 1.165) is 12.2 Å². The number of para-hydroxylation sites is 1. The molecule has 0 radical (unpaired) electrons. The summed E-state index contributed by atoms with van der Waals surface area (Å²) in [5.74, 6) is 1.24. The van der Waals surface area contributed by atoms with Gasteiger partial charge in [0, 0.05) is 29.0 Å². The summed E-state index contributed by atoms with van der Waals surface area (Å²) >= 11 is 3.59. The van der Waals surface area contributed by atoms with Crippen LogP contribution in [0.3, 0.4) is 0 Å². The summed E-state index contributed by atoms with van der Waals surface area (Å²) in [5, 5.41) is 2.46. The quantitative estimate of drug-likeness (QED) is 0.782. The predicted octanol–water partition coefficient (Wildman–Crippen LogP) is 4.02. The number of hydrogen-bond acceptors (Lipinski definition) is 5. The fourth-order valence-electron chi connectivity index (χ4n) is 2.77. The van der Waals surface area contributed by atoms with E-state index in [4.69, 9.17) is 4.74 Å². The molecule has 0 N–H and O–H groups in total. The first-order valence-electron chi connectivity index (χ1n) is 8.00. The van der Waals surface area contributed by atoms with Crippen LogP contribution < -0.4 is 4.74 Å². The van der Waals surface area contributed by atoms with Gasteiger partial charge in [0.1, 0.15) is 10.6 Å². The standard InChI is InChI=1S/C17H21NO3S3/c1-2-21-14-6-3-4-8-17(14)24(19,20)18-10-9-16(23-13-11-18)15-7-5-12-22-15/h3-8,12,16H,2,9-11,13H2,1H3. The van der Waals surface area contributed by atoms with Crippen LogP contribution in [-0.4, -0.2) is 38.2 Å². The summed E-state index contributed by atoms with van der Waals surface area (Å²) in [6.07, 6.45) is 0.835. The second kappa shape index (κ2) is 7.91. The minimum atomic E-state index is -3.53. The van der Waals surface area contributed by atoms with Crippen LogP contribution in [0.2, 0.25) is 0 Å². The molecule has 1 aromatic carbocycles. The summed E-state index contributed by atoms with van der Waals surface area (Å²) in [6.45, 7) is 3.38. The molecule has 7 heteroatoms. The van der Waals surface area contributed by atoms with Crippen LogP contribution in [0.25, 0.3) is 0 Å². The van der Waals surface area contributed by atoms with Crippen molar-refractivity contribution in [2.45, 2.75) is 23.5 Å². The number of thiophene rings is 1. The topological polar surface area (TPSA) is 46.6 Å². The van der Waals surface area contributed by atoms with Crippen molar-refractivity contribution in [3.8, 4) is 5.75 Å². The lowest BCUT2D eigenvalue weighted by Gasteiger charge is -2.21. The highest BCUT2D eigenvalue weighted by atomic mass is 32.2. The van der Waals surface area contributed by atoms with Gasteiger partial charge in [-0.3, -0.25) is 0 Å². The van der Waals surface area contributed by atoms with Gasteiger partial charge in [0.15, 0.2) is 0 Å². The molecule has 2 aromatic rings. The number of sulfonamides is 1. The van der Waals surface area contributed by atoms with E-state index in [1.807, 2.05) is 18.7 Å². The van der Waals surface area contributed by atoms with Crippen molar-refractivity contribution in [1.82, 2.24) is 4.31 Å². The van der Waals surface area contributed by atoms with Gasteiger partial charge in [0.25, 0.3) is 0 Å². The molecule has 130 valence electrons. The van der Waals surface area contributed by atoms with Gasteiger partial charge in [-0.05, 0) is 36.9 Å². The van der Waals surface area contributed by atoms with Crippen LogP contribution in [0.15, 0.2) is 46.7 Å². The molecule has 0 bridgehead atoms. The van der Waals surface area contributed by atoms with Crippen molar-refractivity contribution in [1.29, 1.82) is 0 Å². The van der Waals surface area contributed by atoms with Gasteiger partial charge >= 0.3 is 0 Å². The second-order valence-electron chi connectivity index (χ2n) is 5.45. The molecule has 1 aliphatic heterocycles. The van der Waals surface area contributed by atoms with Crippen LogP contribution >= 0.6 is 23.1 Å². The van der Waals surface area contributed by atoms with Crippen molar-refractivity contribution in [2.24, 2.45) is 0 Å².